The van der Waals surface area contributed by atoms with Gasteiger partial charge in [-0.25, -0.2) is 0 Å². The first-order chi connectivity index (χ1) is 52.6. The van der Waals surface area contributed by atoms with Gasteiger partial charge in [0.1, 0.15) is 72.5 Å². The normalized spacial score (nSPS) is 23.6. The van der Waals surface area contributed by atoms with Crippen LogP contribution in [0.4, 0.5) is 0 Å². The van der Waals surface area contributed by atoms with E-state index < -0.39 is 180 Å². The van der Waals surface area contributed by atoms with E-state index >= 15 is 38.4 Å². The largest absolute Gasteiger partial charge is 0.391 e. The van der Waals surface area contributed by atoms with Gasteiger partial charge in [-0.2, -0.15) is 0 Å². The Morgan fingerprint density at radius 1 is 0.509 bits per heavy atom. The molecule has 2 aliphatic rings. The number of rotatable bonds is 21. The van der Waals surface area contributed by atoms with Crippen molar-refractivity contribution in [2.45, 2.75) is 226 Å². The van der Waals surface area contributed by atoms with E-state index in [1.807, 2.05) is 27.7 Å². The SMILES string of the molecule is CC[C@H](C)[C@H]1C(=O)N[C@H](C(=O)N(C)[C@@H](Cc2ccccc2)C(=O)N(C)[C@@H](Cc2ccccc2)C(=O)N[C@@H](C)C(=O)N2CCCCC2)CC(=O)N(C)CC(=O)N(C)[C@@H](C)C(=O)N[C@@H]([C@@H](C)O)C(=O)N(C)[C@@H](C)C(=O)N(C)[C@@H](CC(C)C)C(=O)N(C)[C@@H](Cc2ccccc2)C(=O)N[C@@H](C(C)C)C(=O)N(C)[C@@H](CC(C)C)C(=O)N1C. The second kappa shape index (κ2) is 42.7. The van der Waals surface area contributed by atoms with Gasteiger partial charge in [-0.1, -0.05) is 153 Å². The Labute approximate surface area is 662 Å². The van der Waals surface area contributed by atoms with Gasteiger partial charge in [0, 0.05) is 95.8 Å². The highest BCUT2D eigenvalue weighted by Crippen LogP contribution is 2.26. The number of nitrogens with one attached hydrogen (secondary N) is 4. The van der Waals surface area contributed by atoms with Crippen molar-refractivity contribution in [3.63, 3.8) is 0 Å². The fraction of sp³-hybridized carbons (Fsp3) is 0.614. The van der Waals surface area contributed by atoms with E-state index in [0.29, 0.717) is 29.8 Å². The van der Waals surface area contributed by atoms with Crippen LogP contribution >= 0.6 is 0 Å². The summed E-state index contributed by atoms with van der Waals surface area (Å²) in [5.74, 6) is -12.5. The molecule has 2 saturated heterocycles. The molecule has 112 heavy (non-hydrogen) atoms. The van der Waals surface area contributed by atoms with E-state index in [9.17, 15) is 33.9 Å². The third-order valence-corrected chi connectivity index (χ3v) is 22.1. The second-order valence-corrected chi connectivity index (χ2v) is 31.8. The highest BCUT2D eigenvalue weighted by molar-refractivity contribution is 6.01. The summed E-state index contributed by atoms with van der Waals surface area (Å²) in [6.07, 6.45) is 0.261. The molecule has 0 aliphatic carbocycles. The number of aliphatic hydroxyl groups excluding tert-OH is 1. The zero-order valence-corrected chi connectivity index (χ0v) is 69.8. The van der Waals surface area contributed by atoms with Gasteiger partial charge in [-0.3, -0.25) is 67.1 Å². The number of likely N-dealkylation sites (N-methyl/N-ethyl adjacent to an activating group) is 9. The van der Waals surface area contributed by atoms with Crippen molar-refractivity contribution in [3.8, 4) is 0 Å². The van der Waals surface area contributed by atoms with Gasteiger partial charge in [-0.05, 0) is 100 Å². The standard InChI is InChI=1S/C83H126N14O15/c1-22-53(8)71-75(104)85-61(78(107)94(19)66(47-60-39-31-25-32-40-60)80(109)91(16)62(45-58-35-27-23-28-36-58)73(102)84-54(9)76(105)97-41-33-26-34-42-97)48-67(99)88(13)49-68(100)89(14)55(10)72(101)87-70(57(12)98)83(112)90(15)56(11)77(106)93(18)64(43-50(2)3)79(108)92(17)63(46-59-37-29-24-30-38-59)74(103)86-69(52(6)7)82(111)95(20)65(44-51(4)5)81(110)96(71)21/h23-25,27-32,35-40,50-57,61-66,69-71,98H,22,26,33-34,41-49H2,1-21H3,(H,84,102)(H,85,104)(H,86,103)(H,87,101)/t53-,54-,55-,56-,57+,61-,62-,63-,64-,65-,66-,69-,70-,71-/m0/s1. The number of piperidine rings is 1. The van der Waals surface area contributed by atoms with E-state index in [1.54, 1.807) is 131 Å². The van der Waals surface area contributed by atoms with Crippen LogP contribution in [0.1, 0.15) is 145 Å². The highest BCUT2D eigenvalue weighted by atomic mass is 16.3. The average molecular weight is 1560 g/mol. The Kier molecular flexibility index (Phi) is 35.4. The topological polar surface area (TPSA) is 340 Å². The predicted octanol–water partition coefficient (Wildman–Crippen LogP) is 3.38. The Bertz CT molecular complexity index is 3730. The van der Waals surface area contributed by atoms with Crippen LogP contribution in [0.5, 0.6) is 0 Å². The van der Waals surface area contributed by atoms with Gasteiger partial charge < -0.3 is 75.4 Å². The van der Waals surface area contributed by atoms with Crippen molar-refractivity contribution >= 4 is 82.7 Å². The molecule has 618 valence electrons. The minimum Gasteiger partial charge on any atom is -0.391 e. The van der Waals surface area contributed by atoms with E-state index in [4.69, 9.17) is 0 Å². The first-order valence-electron chi connectivity index (χ1n) is 39.2. The maximum absolute atomic E-state index is 16.0. The van der Waals surface area contributed by atoms with Crippen LogP contribution in [0.2, 0.25) is 0 Å². The molecule has 0 unspecified atom stereocenters. The number of benzene rings is 3. The minimum absolute atomic E-state index is 0.0255. The molecule has 2 fully saturated rings. The number of aliphatic hydroxyl groups is 1. The molecular formula is C83H126N14O15. The zero-order chi connectivity index (χ0) is 84.0. The predicted molar refractivity (Wildman–Crippen MR) is 425 cm³/mol. The van der Waals surface area contributed by atoms with Gasteiger partial charge in [0.15, 0.2) is 0 Å². The van der Waals surface area contributed by atoms with Crippen molar-refractivity contribution in [2.24, 2.45) is 23.7 Å². The monoisotopic (exact) mass is 1560 g/mol. The Balaban J connectivity index is 1.70. The first kappa shape index (κ1) is 92.8. The van der Waals surface area contributed by atoms with E-state index in [0.717, 1.165) is 38.9 Å². The quantitative estimate of drug-likeness (QED) is 0.102. The van der Waals surface area contributed by atoms with Crippen LogP contribution in [-0.2, 0) is 86.4 Å². The fourth-order valence-electron chi connectivity index (χ4n) is 14.2. The minimum atomic E-state index is -1.88. The lowest BCUT2D eigenvalue weighted by atomic mass is 9.93. The van der Waals surface area contributed by atoms with Crippen LogP contribution in [0.3, 0.4) is 0 Å². The Morgan fingerprint density at radius 2 is 0.973 bits per heavy atom. The average Bonchev–Trinajstić information content (AvgIpc) is 0.823. The Hall–Kier alpha value is -9.80. The maximum Gasteiger partial charge on any atom is 0.248 e. The van der Waals surface area contributed by atoms with Crippen molar-refractivity contribution < 1.29 is 72.2 Å². The number of nitrogens with zero attached hydrogens (tertiary/aromatic N) is 10. The molecule has 14 atom stereocenters. The molecule has 29 nitrogen and oxygen atoms in total. The summed E-state index contributed by atoms with van der Waals surface area (Å²) in [7, 11) is 12.2. The van der Waals surface area contributed by atoms with E-state index in [-0.39, 0.29) is 56.3 Å². The zero-order valence-electron chi connectivity index (χ0n) is 69.8. The molecule has 29 heteroatoms. The molecule has 3 aromatic carbocycles. The second-order valence-electron chi connectivity index (χ2n) is 31.8. The molecular weight excluding hydrogens is 1430 g/mol. The van der Waals surface area contributed by atoms with Crippen molar-refractivity contribution in [3.05, 3.63) is 108 Å². The lowest BCUT2D eigenvalue weighted by molar-refractivity contribution is -0.153. The molecule has 2 heterocycles. The van der Waals surface area contributed by atoms with Gasteiger partial charge in [0.05, 0.1) is 19.1 Å². The summed E-state index contributed by atoms with van der Waals surface area (Å²) in [4.78, 5) is 222. The van der Waals surface area contributed by atoms with Gasteiger partial charge >= 0.3 is 0 Å². The molecule has 0 saturated carbocycles. The Morgan fingerprint density at radius 3 is 1.46 bits per heavy atom. The summed E-state index contributed by atoms with van der Waals surface area (Å²) in [5, 5.41) is 22.3. The van der Waals surface area contributed by atoms with Gasteiger partial charge in [-0.15, -0.1) is 0 Å². The van der Waals surface area contributed by atoms with Crippen LogP contribution in [0, 0.1) is 23.7 Å². The van der Waals surface area contributed by atoms with E-state index in [2.05, 4.69) is 21.3 Å². The maximum atomic E-state index is 16.0. The van der Waals surface area contributed by atoms with Gasteiger partial charge in [0.2, 0.25) is 82.7 Å². The number of carbonyl (C=O) groups excluding carboxylic acids is 14. The molecule has 5 N–H and O–H groups in total. The van der Waals surface area contributed by atoms with Crippen LogP contribution in [0.25, 0.3) is 0 Å². The summed E-state index contributed by atoms with van der Waals surface area (Å²) >= 11 is 0. The third kappa shape index (κ3) is 24.6. The lowest BCUT2D eigenvalue weighted by Crippen LogP contribution is -2.63. The number of likely N-dealkylation sites (tertiary alicyclic amines) is 1. The third-order valence-electron chi connectivity index (χ3n) is 22.1. The number of hydrogen-bond acceptors (Lipinski definition) is 15. The summed E-state index contributed by atoms with van der Waals surface area (Å²) in [6, 6.07) is 9.79. The van der Waals surface area contributed by atoms with Crippen molar-refractivity contribution in [1.82, 2.24) is 70.3 Å². The summed E-state index contributed by atoms with van der Waals surface area (Å²) in [5.41, 5.74) is 1.88. The smallest absolute Gasteiger partial charge is 0.248 e. The molecule has 2 aliphatic heterocycles. The van der Waals surface area contributed by atoms with Crippen molar-refractivity contribution in [2.75, 3.05) is 83.1 Å². The van der Waals surface area contributed by atoms with Crippen molar-refractivity contribution in [1.29, 1.82) is 0 Å². The van der Waals surface area contributed by atoms with Crippen LogP contribution < -0.4 is 21.3 Å². The fourth-order valence-corrected chi connectivity index (χ4v) is 14.2. The summed E-state index contributed by atoms with van der Waals surface area (Å²) < 4.78 is 0. The molecule has 0 spiro atoms. The van der Waals surface area contributed by atoms with E-state index in [1.165, 1.54) is 109 Å². The number of hydrogen-bond donors (Lipinski definition) is 5. The summed E-state index contributed by atoms with van der Waals surface area (Å²) in [6.45, 7) is 20.2. The lowest BCUT2D eigenvalue weighted by Gasteiger charge is -2.40. The van der Waals surface area contributed by atoms with Crippen LogP contribution in [-0.4, -0.2) is 298 Å². The molecule has 3 aromatic rings. The first-order valence-corrected chi connectivity index (χ1v) is 39.2. The highest BCUT2D eigenvalue weighted by Gasteiger charge is 2.46. The van der Waals surface area contributed by atoms with Gasteiger partial charge in [0.25, 0.3) is 0 Å². The molecule has 0 radical (unpaired) electrons. The molecule has 5 rings (SSSR count). The molecule has 0 bridgehead atoms. The number of carbonyl (C=O) groups is 14. The molecule has 0 aromatic heterocycles. The molecule has 14 amide bonds. The van der Waals surface area contributed by atoms with Crippen LogP contribution in [0.15, 0.2) is 91.0 Å². The number of amides is 14.